The van der Waals surface area contributed by atoms with E-state index in [1.807, 2.05) is 0 Å². The van der Waals surface area contributed by atoms with E-state index in [4.69, 9.17) is 14.2 Å². The summed E-state index contributed by atoms with van der Waals surface area (Å²) in [5.41, 5.74) is 4.34. The lowest BCUT2D eigenvalue weighted by atomic mass is 9.56. The molecule has 2 aliphatic carbocycles. The highest BCUT2D eigenvalue weighted by Crippen LogP contribution is 2.64. The van der Waals surface area contributed by atoms with E-state index in [9.17, 15) is 5.11 Å². The molecule has 5 nitrogen and oxygen atoms in total. The third-order valence-corrected chi connectivity index (χ3v) is 7.76. The Hall–Kier alpha value is -1.30. The van der Waals surface area contributed by atoms with Gasteiger partial charge < -0.3 is 23.8 Å². The molecule has 1 aromatic carbocycles. The van der Waals surface area contributed by atoms with Crippen molar-refractivity contribution in [2.24, 2.45) is 0 Å². The summed E-state index contributed by atoms with van der Waals surface area (Å²) in [4.78, 5) is 0. The number of hydrogen-bond acceptors (Lipinski definition) is 4. The molecule has 0 radical (unpaired) electrons. The highest BCUT2D eigenvalue weighted by atomic mass is 16.7. The zero-order valence-electron chi connectivity index (χ0n) is 16.3. The maximum absolute atomic E-state index is 10.7. The molecular weight excluding hydrogens is 330 g/mol. The Bertz CT molecular complexity index is 776. The average molecular weight is 360 g/mol. The van der Waals surface area contributed by atoms with Crippen molar-refractivity contribution < 1.29 is 23.8 Å². The Morgan fingerprint density at radius 1 is 1.23 bits per heavy atom. The minimum absolute atomic E-state index is 0.0370. The number of fused-ring (bicyclic) bond motifs is 1. The highest BCUT2D eigenvalue weighted by Gasteiger charge is 2.61. The van der Waals surface area contributed by atoms with Crippen molar-refractivity contribution in [3.63, 3.8) is 0 Å². The van der Waals surface area contributed by atoms with Gasteiger partial charge in [0.2, 0.25) is 5.79 Å². The summed E-state index contributed by atoms with van der Waals surface area (Å²) in [5, 5.41) is 10.7. The van der Waals surface area contributed by atoms with Crippen LogP contribution in [0.25, 0.3) is 0 Å². The van der Waals surface area contributed by atoms with Crippen LogP contribution >= 0.6 is 0 Å². The van der Waals surface area contributed by atoms with E-state index >= 15 is 0 Å². The normalized spacial score (nSPS) is 39.0. The van der Waals surface area contributed by atoms with Crippen LogP contribution < -0.4 is 9.47 Å². The summed E-state index contributed by atoms with van der Waals surface area (Å²) in [6.07, 6.45) is 5.26. The maximum Gasteiger partial charge on any atom is 0.237 e. The summed E-state index contributed by atoms with van der Waals surface area (Å²) >= 11 is 0. The van der Waals surface area contributed by atoms with Crippen LogP contribution in [0.5, 0.6) is 11.5 Å². The van der Waals surface area contributed by atoms with Gasteiger partial charge in [0.05, 0.1) is 27.7 Å². The Morgan fingerprint density at radius 3 is 2.73 bits per heavy atom. The summed E-state index contributed by atoms with van der Waals surface area (Å²) in [7, 11) is 8.08. The minimum atomic E-state index is -0.946. The molecule has 0 amide bonds. The zero-order chi connectivity index (χ0) is 18.3. The van der Waals surface area contributed by atoms with Gasteiger partial charge in [0, 0.05) is 42.9 Å². The highest BCUT2D eigenvalue weighted by molar-refractivity contribution is 5.62. The van der Waals surface area contributed by atoms with Gasteiger partial charge in [-0.15, -0.1) is 0 Å². The van der Waals surface area contributed by atoms with Gasteiger partial charge in [0.25, 0.3) is 0 Å². The van der Waals surface area contributed by atoms with E-state index in [1.54, 1.807) is 14.2 Å². The molecule has 1 N–H and O–H groups in total. The second-order valence-corrected chi connectivity index (χ2v) is 9.29. The SMILES string of the molecule is COc1cc2c3c4c1O[C@]1(OC)CC4(CC[C@H]3[N+](C)(C)CC2)CC[C@@H]1O. The molecule has 5 heteroatoms. The molecule has 142 valence electrons. The average Bonchev–Trinajstić information content (AvgIpc) is 2.63. The van der Waals surface area contributed by atoms with Crippen LogP contribution in [-0.2, 0) is 16.6 Å². The Morgan fingerprint density at radius 2 is 2.00 bits per heavy atom. The first-order valence-corrected chi connectivity index (χ1v) is 9.85. The van der Waals surface area contributed by atoms with Crippen molar-refractivity contribution in [2.75, 3.05) is 34.9 Å². The van der Waals surface area contributed by atoms with Gasteiger partial charge in [0.1, 0.15) is 12.1 Å². The molecule has 2 heterocycles. The van der Waals surface area contributed by atoms with E-state index in [1.165, 1.54) is 23.1 Å². The molecule has 1 saturated carbocycles. The third-order valence-electron chi connectivity index (χ3n) is 7.76. The van der Waals surface area contributed by atoms with Crippen molar-refractivity contribution in [3.05, 3.63) is 22.8 Å². The van der Waals surface area contributed by atoms with Crippen molar-refractivity contribution in [1.82, 2.24) is 0 Å². The maximum atomic E-state index is 10.7. The first kappa shape index (κ1) is 16.8. The van der Waals surface area contributed by atoms with Gasteiger partial charge in [0.15, 0.2) is 11.5 Å². The van der Waals surface area contributed by atoms with E-state index in [-0.39, 0.29) is 5.41 Å². The predicted molar refractivity (Wildman–Crippen MR) is 97.6 cm³/mol. The van der Waals surface area contributed by atoms with Crippen LogP contribution in [0.15, 0.2) is 6.07 Å². The fraction of sp³-hybridized carbons (Fsp3) is 0.714. The molecule has 0 aromatic heterocycles. The van der Waals surface area contributed by atoms with Gasteiger partial charge >= 0.3 is 0 Å². The number of quaternary nitrogens is 1. The number of aliphatic hydroxyl groups is 1. The largest absolute Gasteiger partial charge is 0.493 e. The smallest absolute Gasteiger partial charge is 0.237 e. The first-order valence-electron chi connectivity index (χ1n) is 9.85. The number of methoxy groups -OCH3 is 2. The van der Waals surface area contributed by atoms with E-state index in [0.717, 1.165) is 54.6 Å². The molecule has 0 saturated heterocycles. The number of ether oxygens (including phenoxy) is 3. The Labute approximate surface area is 155 Å². The fourth-order valence-corrected chi connectivity index (χ4v) is 6.28. The molecule has 1 aromatic rings. The lowest BCUT2D eigenvalue weighted by molar-refractivity contribution is -0.924. The monoisotopic (exact) mass is 360 g/mol. The summed E-state index contributed by atoms with van der Waals surface area (Å²) in [6, 6.07) is 2.70. The second-order valence-electron chi connectivity index (χ2n) is 9.29. The molecule has 4 atom stereocenters. The third kappa shape index (κ3) is 1.92. The van der Waals surface area contributed by atoms with E-state index < -0.39 is 11.9 Å². The van der Waals surface area contributed by atoms with Crippen LogP contribution in [-0.4, -0.2) is 56.3 Å². The lowest BCUT2D eigenvalue weighted by Gasteiger charge is -2.58. The van der Waals surface area contributed by atoms with Crippen molar-refractivity contribution in [1.29, 1.82) is 0 Å². The fourth-order valence-electron chi connectivity index (χ4n) is 6.28. The molecule has 1 fully saturated rings. The van der Waals surface area contributed by atoms with Crippen molar-refractivity contribution >= 4 is 0 Å². The molecule has 1 unspecified atom stereocenters. The van der Waals surface area contributed by atoms with Gasteiger partial charge in [-0.1, -0.05) is 0 Å². The molecular formula is C21H30NO4+. The molecule has 2 bridgehead atoms. The minimum Gasteiger partial charge on any atom is -0.493 e. The molecule has 2 aliphatic heterocycles. The topological polar surface area (TPSA) is 47.9 Å². The molecule has 5 rings (SSSR count). The van der Waals surface area contributed by atoms with Crippen molar-refractivity contribution in [2.45, 2.75) is 61.9 Å². The summed E-state index contributed by atoms with van der Waals surface area (Å²) < 4.78 is 19.1. The van der Waals surface area contributed by atoms with Crippen LogP contribution in [0.4, 0.5) is 0 Å². The van der Waals surface area contributed by atoms with Gasteiger partial charge in [-0.25, -0.2) is 0 Å². The number of rotatable bonds is 2. The number of nitrogens with zero attached hydrogens (tertiary/aromatic N) is 1. The predicted octanol–water partition coefficient (Wildman–Crippen LogP) is 2.68. The lowest BCUT2D eigenvalue weighted by Crippen LogP contribution is -2.62. The van der Waals surface area contributed by atoms with Crippen molar-refractivity contribution in [3.8, 4) is 11.5 Å². The number of benzene rings is 1. The van der Waals surface area contributed by atoms with E-state index in [2.05, 4.69) is 20.2 Å². The number of aliphatic hydroxyl groups excluding tert-OH is 1. The van der Waals surface area contributed by atoms with Crippen LogP contribution in [0, 0.1) is 0 Å². The number of hydrogen-bond donors (Lipinski definition) is 1. The molecule has 4 aliphatic rings. The Balaban J connectivity index is 1.81. The zero-order valence-corrected chi connectivity index (χ0v) is 16.3. The second kappa shape index (κ2) is 5.15. The molecule has 1 spiro atoms. The van der Waals surface area contributed by atoms with Gasteiger partial charge in [-0.05, 0) is 30.9 Å². The van der Waals surface area contributed by atoms with E-state index in [0.29, 0.717) is 6.04 Å². The van der Waals surface area contributed by atoms with Crippen LogP contribution in [0.3, 0.4) is 0 Å². The molecule has 26 heavy (non-hydrogen) atoms. The quantitative estimate of drug-likeness (QED) is 0.824. The Kier molecular flexibility index (Phi) is 3.34. The standard InChI is InChI=1S/C21H30NO4/c1-22(2)10-7-13-11-15(24-3)19-18-17(13)14(22)5-8-20(18)9-6-16(23)21(12-20,25-4)26-19/h11,14,16,23H,5-10,12H2,1-4H3/q+1/t14-,16+,20?,21-/m1/s1. The van der Waals surface area contributed by atoms with Crippen LogP contribution in [0.1, 0.15) is 54.8 Å². The first-order chi connectivity index (χ1) is 12.4. The summed E-state index contributed by atoms with van der Waals surface area (Å²) in [6.45, 7) is 1.16. The summed E-state index contributed by atoms with van der Waals surface area (Å²) in [5.74, 6) is 0.675. The van der Waals surface area contributed by atoms with Gasteiger partial charge in [-0.2, -0.15) is 0 Å². The van der Waals surface area contributed by atoms with Crippen LogP contribution in [0.2, 0.25) is 0 Å². The van der Waals surface area contributed by atoms with Gasteiger partial charge in [-0.3, -0.25) is 0 Å². The number of likely N-dealkylation sites (N-methyl/N-ethyl adjacent to an activating group) is 1.